The summed E-state index contributed by atoms with van der Waals surface area (Å²) in [6.45, 7) is 2.22. The van der Waals surface area contributed by atoms with Crippen LogP contribution in [0.3, 0.4) is 0 Å². The van der Waals surface area contributed by atoms with E-state index in [1.54, 1.807) is 24.3 Å². The molecule has 2 aromatic carbocycles. The van der Waals surface area contributed by atoms with Gasteiger partial charge in [-0.05, 0) is 49.2 Å². The minimum Gasteiger partial charge on any atom is -0.352 e. The van der Waals surface area contributed by atoms with E-state index in [1.165, 1.54) is 0 Å². The standard InChI is InChI=1S/C21H26ClN3O2.ClH/c22-19-11-9-18(10-12-19)21(27)24-14-4-8-20(26)25(15-5-13-23)16-17-6-2-1-3-7-17;/h1-3,6-7,9-12H,4-5,8,13-16,23H2,(H,24,27);1H. The molecule has 0 aliphatic rings. The molecule has 5 nitrogen and oxygen atoms in total. The average Bonchev–Trinajstić information content (AvgIpc) is 2.69. The van der Waals surface area contributed by atoms with Crippen LogP contribution in [0, 0.1) is 0 Å². The van der Waals surface area contributed by atoms with Crippen molar-refractivity contribution in [2.24, 2.45) is 5.73 Å². The number of amides is 2. The molecular weight excluding hydrogens is 397 g/mol. The quantitative estimate of drug-likeness (QED) is 0.572. The summed E-state index contributed by atoms with van der Waals surface area (Å²) >= 11 is 5.82. The van der Waals surface area contributed by atoms with E-state index < -0.39 is 0 Å². The molecule has 2 rings (SSSR count). The van der Waals surface area contributed by atoms with Gasteiger partial charge in [0.2, 0.25) is 5.91 Å². The van der Waals surface area contributed by atoms with E-state index in [1.807, 2.05) is 35.2 Å². The molecule has 0 aromatic heterocycles. The summed E-state index contributed by atoms with van der Waals surface area (Å²) in [5.41, 5.74) is 7.25. The third kappa shape index (κ3) is 8.30. The SMILES string of the molecule is Cl.NCCCN(Cc1ccccc1)C(=O)CCCNC(=O)c1ccc(Cl)cc1. The molecule has 0 saturated carbocycles. The fourth-order valence-electron chi connectivity index (χ4n) is 2.68. The van der Waals surface area contributed by atoms with Gasteiger partial charge < -0.3 is 16.0 Å². The molecule has 0 aliphatic carbocycles. The van der Waals surface area contributed by atoms with E-state index in [9.17, 15) is 9.59 Å². The zero-order chi connectivity index (χ0) is 19.5. The van der Waals surface area contributed by atoms with Crippen LogP contribution < -0.4 is 11.1 Å². The van der Waals surface area contributed by atoms with Gasteiger partial charge >= 0.3 is 0 Å². The third-order valence-electron chi connectivity index (χ3n) is 4.16. The lowest BCUT2D eigenvalue weighted by atomic mass is 10.2. The van der Waals surface area contributed by atoms with Gasteiger partial charge in [-0.15, -0.1) is 12.4 Å². The maximum atomic E-state index is 12.6. The molecule has 0 atom stereocenters. The average molecular weight is 424 g/mol. The Kier molecular flexibility index (Phi) is 11.3. The molecule has 2 amide bonds. The minimum atomic E-state index is -0.164. The van der Waals surface area contributed by atoms with Crippen molar-refractivity contribution in [2.75, 3.05) is 19.6 Å². The van der Waals surface area contributed by atoms with Crippen LogP contribution in [0.4, 0.5) is 0 Å². The van der Waals surface area contributed by atoms with Crippen molar-refractivity contribution in [1.82, 2.24) is 10.2 Å². The van der Waals surface area contributed by atoms with Crippen LogP contribution in [0.1, 0.15) is 35.2 Å². The molecule has 0 aliphatic heterocycles. The second-order valence-corrected chi connectivity index (χ2v) is 6.75. The maximum absolute atomic E-state index is 12.6. The van der Waals surface area contributed by atoms with Gasteiger partial charge in [0.1, 0.15) is 0 Å². The summed E-state index contributed by atoms with van der Waals surface area (Å²) in [4.78, 5) is 26.5. The Hall–Kier alpha value is -2.08. The Labute approximate surface area is 177 Å². The van der Waals surface area contributed by atoms with E-state index in [0.29, 0.717) is 49.6 Å². The molecular formula is C21H27Cl2N3O2. The van der Waals surface area contributed by atoms with Crippen LogP contribution >= 0.6 is 24.0 Å². The molecule has 0 radical (unpaired) electrons. The Morgan fingerprint density at radius 3 is 2.32 bits per heavy atom. The first kappa shape index (κ1) is 24.0. The first-order chi connectivity index (χ1) is 13.1. The molecule has 0 spiro atoms. The number of nitrogens with one attached hydrogen (secondary N) is 1. The summed E-state index contributed by atoms with van der Waals surface area (Å²) < 4.78 is 0. The summed E-state index contributed by atoms with van der Waals surface area (Å²) in [5, 5.41) is 3.42. The highest BCUT2D eigenvalue weighted by Crippen LogP contribution is 2.10. The third-order valence-corrected chi connectivity index (χ3v) is 4.41. The number of nitrogens with zero attached hydrogens (tertiary/aromatic N) is 1. The number of carbonyl (C=O) groups is 2. The second kappa shape index (κ2) is 13.2. The first-order valence-electron chi connectivity index (χ1n) is 9.15. The van der Waals surface area contributed by atoms with Crippen molar-refractivity contribution < 1.29 is 9.59 Å². The Morgan fingerprint density at radius 2 is 1.68 bits per heavy atom. The van der Waals surface area contributed by atoms with Crippen molar-refractivity contribution >= 4 is 35.8 Å². The Morgan fingerprint density at radius 1 is 1.00 bits per heavy atom. The van der Waals surface area contributed by atoms with Crippen molar-refractivity contribution in [1.29, 1.82) is 0 Å². The molecule has 0 heterocycles. The molecule has 152 valence electrons. The fraction of sp³-hybridized carbons (Fsp3) is 0.333. The van der Waals surface area contributed by atoms with Crippen LogP contribution in [0.15, 0.2) is 54.6 Å². The van der Waals surface area contributed by atoms with Crippen LogP contribution in [0.2, 0.25) is 5.02 Å². The highest BCUT2D eigenvalue weighted by molar-refractivity contribution is 6.30. The van der Waals surface area contributed by atoms with E-state index in [-0.39, 0.29) is 24.2 Å². The van der Waals surface area contributed by atoms with Crippen molar-refractivity contribution in [3.8, 4) is 0 Å². The number of hydrogen-bond acceptors (Lipinski definition) is 3. The summed E-state index contributed by atoms with van der Waals surface area (Å²) in [6.07, 6.45) is 1.75. The van der Waals surface area contributed by atoms with Gasteiger partial charge in [0, 0.05) is 36.6 Å². The molecule has 0 fully saturated rings. The molecule has 28 heavy (non-hydrogen) atoms. The number of hydrogen-bond donors (Lipinski definition) is 2. The van der Waals surface area contributed by atoms with Gasteiger partial charge in [0.25, 0.3) is 5.91 Å². The van der Waals surface area contributed by atoms with E-state index in [4.69, 9.17) is 17.3 Å². The van der Waals surface area contributed by atoms with Gasteiger partial charge in [0.05, 0.1) is 0 Å². The highest BCUT2D eigenvalue weighted by Gasteiger charge is 2.13. The summed E-state index contributed by atoms with van der Waals surface area (Å²) in [5.74, 6) is -0.0866. The molecule has 0 unspecified atom stereocenters. The van der Waals surface area contributed by atoms with Gasteiger partial charge in [-0.2, -0.15) is 0 Å². The van der Waals surface area contributed by atoms with E-state index in [2.05, 4.69) is 5.32 Å². The molecule has 0 saturated heterocycles. The predicted octanol–water partition coefficient (Wildman–Crippen LogP) is 3.65. The first-order valence-corrected chi connectivity index (χ1v) is 9.53. The van der Waals surface area contributed by atoms with Crippen molar-refractivity contribution in [3.63, 3.8) is 0 Å². The Bertz CT molecular complexity index is 724. The molecule has 3 N–H and O–H groups in total. The smallest absolute Gasteiger partial charge is 0.251 e. The minimum absolute atomic E-state index is 0. The maximum Gasteiger partial charge on any atom is 0.251 e. The highest BCUT2D eigenvalue weighted by atomic mass is 35.5. The normalized spacial score (nSPS) is 10.1. The number of nitrogens with two attached hydrogens (primary N) is 1. The molecule has 2 aromatic rings. The number of carbonyl (C=O) groups excluding carboxylic acids is 2. The van der Waals surface area contributed by atoms with Crippen LogP contribution in [0.25, 0.3) is 0 Å². The van der Waals surface area contributed by atoms with Crippen LogP contribution in [0.5, 0.6) is 0 Å². The van der Waals surface area contributed by atoms with Crippen molar-refractivity contribution in [3.05, 3.63) is 70.7 Å². The van der Waals surface area contributed by atoms with E-state index >= 15 is 0 Å². The number of halogens is 2. The Balaban J connectivity index is 0.00000392. The molecule has 0 bridgehead atoms. The van der Waals surface area contributed by atoms with Crippen molar-refractivity contribution in [2.45, 2.75) is 25.8 Å². The fourth-order valence-corrected chi connectivity index (χ4v) is 2.81. The second-order valence-electron chi connectivity index (χ2n) is 6.31. The van der Waals surface area contributed by atoms with Crippen LogP contribution in [-0.4, -0.2) is 36.3 Å². The van der Waals surface area contributed by atoms with E-state index in [0.717, 1.165) is 12.0 Å². The van der Waals surface area contributed by atoms with Crippen LogP contribution in [-0.2, 0) is 11.3 Å². The molecule has 7 heteroatoms. The van der Waals surface area contributed by atoms with Gasteiger partial charge in [-0.1, -0.05) is 41.9 Å². The predicted molar refractivity (Wildman–Crippen MR) is 116 cm³/mol. The lowest BCUT2D eigenvalue weighted by molar-refractivity contribution is -0.132. The van der Waals surface area contributed by atoms with Gasteiger partial charge in [-0.25, -0.2) is 0 Å². The lowest BCUT2D eigenvalue weighted by Crippen LogP contribution is -2.33. The van der Waals surface area contributed by atoms with Gasteiger partial charge in [-0.3, -0.25) is 9.59 Å². The zero-order valence-electron chi connectivity index (χ0n) is 15.8. The largest absolute Gasteiger partial charge is 0.352 e. The summed E-state index contributed by atoms with van der Waals surface area (Å²) in [6, 6.07) is 16.6. The number of benzene rings is 2. The monoisotopic (exact) mass is 423 g/mol. The van der Waals surface area contributed by atoms with Gasteiger partial charge in [0.15, 0.2) is 0 Å². The zero-order valence-corrected chi connectivity index (χ0v) is 17.3. The topological polar surface area (TPSA) is 75.4 Å². The summed E-state index contributed by atoms with van der Waals surface area (Å²) in [7, 11) is 0. The number of rotatable bonds is 10. The lowest BCUT2D eigenvalue weighted by Gasteiger charge is -2.23.